The average Bonchev–Trinajstić information content (AvgIpc) is 2.88. The molecule has 0 radical (unpaired) electrons. The van der Waals surface area contributed by atoms with Gasteiger partial charge in [0.15, 0.2) is 0 Å². The first-order chi connectivity index (χ1) is 16.9. The lowest BCUT2D eigenvalue weighted by atomic mass is 9.88. The van der Waals surface area contributed by atoms with Gasteiger partial charge in [0.25, 0.3) is 0 Å². The van der Waals surface area contributed by atoms with Gasteiger partial charge in [-0.15, -0.1) is 0 Å². The van der Waals surface area contributed by atoms with Crippen molar-refractivity contribution in [3.63, 3.8) is 0 Å². The predicted molar refractivity (Wildman–Crippen MR) is 137 cm³/mol. The van der Waals surface area contributed by atoms with Crippen LogP contribution in [0.15, 0.2) is 49.0 Å². The van der Waals surface area contributed by atoms with E-state index in [1.54, 1.807) is 0 Å². The number of likely N-dealkylation sites (tertiary alicyclic amines) is 1. The number of benzene rings is 2. The van der Waals surface area contributed by atoms with E-state index in [4.69, 9.17) is 10.4 Å². The van der Waals surface area contributed by atoms with Gasteiger partial charge in [-0.1, -0.05) is 30.8 Å². The zero-order chi connectivity index (χ0) is 25.2. The Hall–Kier alpha value is -3.83. The molecule has 1 heterocycles. The second kappa shape index (κ2) is 12.6. The molecule has 2 aromatic rings. The molecule has 0 atom stereocenters. The normalized spacial score (nSPS) is 13.6. The molecule has 8 heteroatoms. The Balaban J connectivity index is 1.53. The molecule has 35 heavy (non-hydrogen) atoms. The number of carbonyl (C=O) groups excluding carboxylic acids is 2. The maximum absolute atomic E-state index is 12.3. The van der Waals surface area contributed by atoms with Crippen LogP contribution in [0.3, 0.4) is 0 Å². The maximum atomic E-state index is 12.3. The third kappa shape index (κ3) is 7.33. The molecule has 4 N–H and O–H groups in total. The summed E-state index contributed by atoms with van der Waals surface area (Å²) in [6, 6.07) is 15.6. The number of hydrogen-bond donors (Lipinski definition) is 4. The number of aliphatic hydroxyl groups excluding tert-OH is 1. The zero-order valence-electron chi connectivity index (χ0n) is 20.1. The molecule has 0 unspecified atom stereocenters. The van der Waals surface area contributed by atoms with Crippen LogP contribution in [0.2, 0.25) is 0 Å². The minimum Gasteiger partial charge on any atom is -0.395 e. The van der Waals surface area contributed by atoms with E-state index in [1.165, 1.54) is 5.56 Å². The summed E-state index contributed by atoms with van der Waals surface area (Å²) in [4.78, 5) is 26.2. The molecule has 1 aliphatic heterocycles. The molecule has 0 bridgehead atoms. The highest BCUT2D eigenvalue weighted by Crippen LogP contribution is 2.32. The number of piperidine rings is 1. The molecule has 0 saturated carbocycles. The molecule has 1 aliphatic rings. The van der Waals surface area contributed by atoms with Crippen molar-refractivity contribution in [3.8, 4) is 6.07 Å². The summed E-state index contributed by atoms with van der Waals surface area (Å²) in [5.74, 6) is 0.244. The molecular weight excluding hydrogens is 442 g/mol. The first-order valence-corrected chi connectivity index (χ1v) is 11.9. The molecule has 0 aliphatic carbocycles. The van der Waals surface area contributed by atoms with Crippen LogP contribution in [0.1, 0.15) is 47.4 Å². The van der Waals surface area contributed by atoms with Crippen molar-refractivity contribution in [2.75, 3.05) is 38.1 Å². The van der Waals surface area contributed by atoms with E-state index in [9.17, 15) is 9.59 Å². The van der Waals surface area contributed by atoms with Gasteiger partial charge in [0.1, 0.15) is 0 Å². The third-order valence-electron chi connectivity index (χ3n) is 6.28. The van der Waals surface area contributed by atoms with Gasteiger partial charge in [-0.25, -0.2) is 4.79 Å². The molecule has 0 aromatic heterocycles. The quantitative estimate of drug-likeness (QED) is 0.444. The first-order valence-electron chi connectivity index (χ1n) is 11.9. The Kier molecular flexibility index (Phi) is 9.27. The third-order valence-corrected chi connectivity index (χ3v) is 6.28. The number of anilines is 1. The van der Waals surface area contributed by atoms with Gasteiger partial charge in [0.2, 0.25) is 5.91 Å². The molecule has 184 valence electrons. The van der Waals surface area contributed by atoms with Crippen LogP contribution in [0.4, 0.5) is 10.5 Å². The van der Waals surface area contributed by atoms with Crippen molar-refractivity contribution in [2.24, 2.45) is 0 Å². The Morgan fingerprint density at radius 3 is 2.49 bits per heavy atom. The fourth-order valence-electron chi connectivity index (χ4n) is 4.17. The predicted octanol–water partition coefficient (Wildman–Crippen LogP) is 3.34. The summed E-state index contributed by atoms with van der Waals surface area (Å²) in [5, 5.41) is 25.8. The van der Waals surface area contributed by atoms with Crippen molar-refractivity contribution in [1.29, 1.82) is 5.26 Å². The number of nitriles is 1. The molecule has 3 rings (SSSR count). The Morgan fingerprint density at radius 1 is 1.11 bits per heavy atom. The van der Waals surface area contributed by atoms with Gasteiger partial charge in [0, 0.05) is 44.0 Å². The van der Waals surface area contributed by atoms with Crippen LogP contribution >= 0.6 is 0 Å². The molecule has 8 nitrogen and oxygen atoms in total. The van der Waals surface area contributed by atoms with Crippen molar-refractivity contribution in [3.05, 3.63) is 71.3 Å². The standard InChI is InChI=1S/C27H33N5O3/c1-19-3-6-24(17-25(19)31-27(35)30-12-9-26(34)29-13-16-33)20(2)32-14-10-23(11-15-32)22-7-4-21(18-28)5-8-22/h3-8,17,23,33H,2,9-16H2,1H3,(H,29,34)(H2,30,31,35). The van der Waals surface area contributed by atoms with Gasteiger partial charge in [-0.2, -0.15) is 5.26 Å². The highest BCUT2D eigenvalue weighted by atomic mass is 16.3. The van der Waals surface area contributed by atoms with Crippen molar-refractivity contribution < 1.29 is 14.7 Å². The molecule has 3 amide bonds. The number of carbonyl (C=O) groups is 2. The highest BCUT2D eigenvalue weighted by molar-refractivity contribution is 5.91. The van der Waals surface area contributed by atoms with Gasteiger partial charge in [-0.3, -0.25) is 4.79 Å². The van der Waals surface area contributed by atoms with E-state index in [-0.39, 0.29) is 38.1 Å². The number of nitrogens with one attached hydrogen (secondary N) is 3. The van der Waals surface area contributed by atoms with Crippen LogP contribution in [0.5, 0.6) is 0 Å². The Bertz CT molecular complexity index is 1080. The smallest absolute Gasteiger partial charge is 0.319 e. The Labute approximate surface area is 206 Å². The largest absolute Gasteiger partial charge is 0.395 e. The Morgan fingerprint density at radius 2 is 1.83 bits per heavy atom. The van der Waals surface area contributed by atoms with Gasteiger partial charge >= 0.3 is 6.03 Å². The molecule has 0 spiro atoms. The van der Waals surface area contributed by atoms with Crippen molar-refractivity contribution in [1.82, 2.24) is 15.5 Å². The van der Waals surface area contributed by atoms with E-state index >= 15 is 0 Å². The summed E-state index contributed by atoms with van der Waals surface area (Å²) >= 11 is 0. The van der Waals surface area contributed by atoms with Crippen molar-refractivity contribution in [2.45, 2.75) is 32.1 Å². The van der Waals surface area contributed by atoms with E-state index in [1.807, 2.05) is 37.3 Å². The van der Waals surface area contributed by atoms with Crippen LogP contribution < -0.4 is 16.0 Å². The molecule has 1 saturated heterocycles. The summed E-state index contributed by atoms with van der Waals surface area (Å²) in [5.41, 5.74) is 5.45. The lowest BCUT2D eigenvalue weighted by molar-refractivity contribution is -0.121. The van der Waals surface area contributed by atoms with Crippen LogP contribution in [0.25, 0.3) is 5.70 Å². The summed E-state index contributed by atoms with van der Waals surface area (Å²) in [6.07, 6.45) is 2.16. The fraction of sp³-hybridized carbons (Fsp3) is 0.370. The summed E-state index contributed by atoms with van der Waals surface area (Å²) < 4.78 is 0. The fourth-order valence-corrected chi connectivity index (χ4v) is 4.17. The zero-order valence-corrected chi connectivity index (χ0v) is 20.1. The second-order valence-corrected chi connectivity index (χ2v) is 8.68. The van der Waals surface area contributed by atoms with E-state index in [0.717, 1.165) is 42.8 Å². The van der Waals surface area contributed by atoms with Crippen LogP contribution in [-0.4, -0.2) is 54.7 Å². The van der Waals surface area contributed by atoms with Gasteiger partial charge in [-0.05, 0) is 60.6 Å². The maximum Gasteiger partial charge on any atom is 0.319 e. The van der Waals surface area contributed by atoms with E-state index in [2.05, 4.69) is 45.6 Å². The number of hydrogen-bond acceptors (Lipinski definition) is 5. The minimum absolute atomic E-state index is 0.115. The second-order valence-electron chi connectivity index (χ2n) is 8.68. The van der Waals surface area contributed by atoms with Crippen LogP contribution in [-0.2, 0) is 4.79 Å². The monoisotopic (exact) mass is 475 g/mol. The molecular formula is C27H33N5O3. The number of amides is 3. The number of aliphatic hydroxyl groups is 1. The number of rotatable bonds is 9. The number of nitrogens with zero attached hydrogens (tertiary/aromatic N) is 2. The lowest BCUT2D eigenvalue weighted by Crippen LogP contribution is -2.34. The minimum atomic E-state index is -0.381. The molecule has 1 fully saturated rings. The highest BCUT2D eigenvalue weighted by Gasteiger charge is 2.22. The summed E-state index contributed by atoms with van der Waals surface area (Å²) in [7, 11) is 0. The van der Waals surface area contributed by atoms with E-state index < -0.39 is 0 Å². The average molecular weight is 476 g/mol. The van der Waals surface area contributed by atoms with Gasteiger partial charge < -0.3 is 26.0 Å². The first kappa shape index (κ1) is 25.8. The van der Waals surface area contributed by atoms with Gasteiger partial charge in [0.05, 0.1) is 18.2 Å². The number of urea groups is 1. The summed E-state index contributed by atoms with van der Waals surface area (Å²) in [6.45, 7) is 8.30. The SMILES string of the molecule is C=C(c1ccc(C)c(NC(=O)NCCC(=O)NCCO)c1)N1CCC(c2ccc(C#N)cc2)CC1. The number of aryl methyl sites for hydroxylation is 1. The topological polar surface area (TPSA) is 117 Å². The molecule has 2 aromatic carbocycles. The van der Waals surface area contributed by atoms with Crippen molar-refractivity contribution >= 4 is 23.3 Å². The van der Waals surface area contributed by atoms with Crippen LogP contribution in [0, 0.1) is 18.3 Å². The van der Waals surface area contributed by atoms with E-state index in [0.29, 0.717) is 17.2 Å². The lowest BCUT2D eigenvalue weighted by Gasteiger charge is -2.35.